The normalized spacial score (nSPS) is 13.6. The summed E-state index contributed by atoms with van der Waals surface area (Å²) in [6.07, 6.45) is 0. The van der Waals surface area contributed by atoms with Crippen LogP contribution in [0, 0.1) is 10.1 Å². The van der Waals surface area contributed by atoms with Gasteiger partial charge in [0.25, 0.3) is 11.7 Å². The predicted molar refractivity (Wildman–Crippen MR) is 88.1 cm³/mol. The number of benzene rings is 1. The van der Waals surface area contributed by atoms with Gasteiger partial charge in [0.1, 0.15) is 0 Å². The van der Waals surface area contributed by atoms with Crippen molar-refractivity contribution in [3.05, 3.63) is 57.6 Å². The van der Waals surface area contributed by atoms with Gasteiger partial charge in [0.05, 0.1) is 6.54 Å². The smallest absolute Gasteiger partial charge is 0.366 e. The third kappa shape index (κ3) is 3.05. The van der Waals surface area contributed by atoms with E-state index in [0.717, 1.165) is 5.56 Å². The Morgan fingerprint density at radius 1 is 1.25 bits per heavy atom. The van der Waals surface area contributed by atoms with Crippen LogP contribution in [0.15, 0.2) is 36.4 Å². The van der Waals surface area contributed by atoms with Crippen molar-refractivity contribution in [2.75, 3.05) is 11.5 Å². The monoisotopic (exact) mass is 327 g/mol. The highest BCUT2D eigenvalue weighted by Crippen LogP contribution is 2.33. The lowest BCUT2D eigenvalue weighted by molar-refractivity contribution is -0.389. The van der Waals surface area contributed by atoms with Crippen LogP contribution < -0.4 is 9.64 Å². The Hall–Kier alpha value is -2.96. The number of nitro groups is 1. The molecule has 3 rings (SSSR count). The lowest BCUT2D eigenvalue weighted by Gasteiger charge is -2.25. The quantitative estimate of drug-likeness (QED) is 0.636. The second kappa shape index (κ2) is 6.27. The fourth-order valence-electron chi connectivity index (χ4n) is 2.52. The maximum absolute atomic E-state index is 12.2. The maximum atomic E-state index is 12.2. The molecule has 0 atom stereocenters. The zero-order chi connectivity index (χ0) is 17.3. The lowest BCUT2D eigenvalue weighted by Crippen LogP contribution is -2.39. The third-order valence-electron chi connectivity index (χ3n) is 3.91. The molecule has 124 valence electrons. The molecule has 1 aliphatic rings. The average Bonchev–Trinajstić information content (AvgIpc) is 2.57. The SMILES string of the molecule is CC(C)c1ccc(CN2C(=O)COc3ccc([N+](=O)[O-])nc32)cc1. The zero-order valence-corrected chi connectivity index (χ0v) is 13.4. The van der Waals surface area contributed by atoms with Gasteiger partial charge in [0.15, 0.2) is 12.4 Å². The molecule has 1 aliphatic heterocycles. The molecule has 0 radical (unpaired) electrons. The molecule has 0 bridgehead atoms. The van der Waals surface area contributed by atoms with Crippen molar-refractivity contribution < 1.29 is 14.5 Å². The number of hydrogen-bond acceptors (Lipinski definition) is 5. The molecule has 1 aromatic heterocycles. The van der Waals surface area contributed by atoms with Crippen molar-refractivity contribution in [2.24, 2.45) is 0 Å². The molecule has 0 saturated heterocycles. The van der Waals surface area contributed by atoms with Gasteiger partial charge in [0, 0.05) is 6.07 Å². The highest BCUT2D eigenvalue weighted by Gasteiger charge is 2.32. The van der Waals surface area contributed by atoms with Crippen LogP contribution in [0.1, 0.15) is 30.9 Å². The van der Waals surface area contributed by atoms with Gasteiger partial charge in [-0.15, -0.1) is 0 Å². The Morgan fingerprint density at radius 2 is 1.96 bits per heavy atom. The molecule has 0 fully saturated rings. The van der Waals surface area contributed by atoms with E-state index in [1.165, 1.54) is 22.6 Å². The molecule has 2 heterocycles. The summed E-state index contributed by atoms with van der Waals surface area (Å²) in [6.45, 7) is 4.41. The molecule has 7 heteroatoms. The van der Waals surface area contributed by atoms with Crippen LogP contribution >= 0.6 is 0 Å². The summed E-state index contributed by atoms with van der Waals surface area (Å²) in [6, 6.07) is 10.7. The molecule has 7 nitrogen and oxygen atoms in total. The molecule has 0 unspecified atom stereocenters. The van der Waals surface area contributed by atoms with Crippen LogP contribution in [0.2, 0.25) is 0 Å². The minimum atomic E-state index is -0.588. The Labute approximate surface area is 139 Å². The number of nitrogens with zero attached hydrogens (tertiary/aromatic N) is 3. The molecular weight excluding hydrogens is 310 g/mol. The second-order valence-electron chi connectivity index (χ2n) is 5.91. The molecular formula is C17H17N3O4. The largest absolute Gasteiger partial charge is 0.477 e. The zero-order valence-electron chi connectivity index (χ0n) is 13.4. The number of pyridine rings is 1. The number of aromatic nitrogens is 1. The first-order valence-corrected chi connectivity index (χ1v) is 7.63. The van der Waals surface area contributed by atoms with Crippen LogP contribution in [-0.4, -0.2) is 22.4 Å². The van der Waals surface area contributed by atoms with Gasteiger partial charge >= 0.3 is 5.82 Å². The topological polar surface area (TPSA) is 85.6 Å². The number of carbonyl (C=O) groups excluding carboxylic acids is 1. The van der Waals surface area contributed by atoms with Gasteiger partial charge in [-0.3, -0.25) is 9.69 Å². The van der Waals surface area contributed by atoms with Gasteiger partial charge < -0.3 is 14.9 Å². The number of rotatable bonds is 4. The first-order valence-electron chi connectivity index (χ1n) is 7.63. The van der Waals surface area contributed by atoms with Gasteiger partial charge in [-0.05, 0) is 33.0 Å². The van der Waals surface area contributed by atoms with E-state index in [-0.39, 0.29) is 24.1 Å². The Bertz CT molecular complexity index is 787. The number of anilines is 1. The molecule has 0 saturated carbocycles. The summed E-state index contributed by atoms with van der Waals surface area (Å²) in [4.78, 5) is 27.9. The molecule has 24 heavy (non-hydrogen) atoms. The van der Waals surface area contributed by atoms with Crippen LogP contribution in [0.3, 0.4) is 0 Å². The molecule has 1 aromatic carbocycles. The van der Waals surface area contributed by atoms with Crippen molar-refractivity contribution >= 4 is 17.5 Å². The third-order valence-corrected chi connectivity index (χ3v) is 3.91. The van der Waals surface area contributed by atoms with E-state index < -0.39 is 4.92 Å². The summed E-state index contributed by atoms with van der Waals surface area (Å²) in [7, 11) is 0. The number of fused-ring (bicyclic) bond motifs is 1. The first kappa shape index (κ1) is 15.9. The minimum absolute atomic E-state index is 0.101. The summed E-state index contributed by atoms with van der Waals surface area (Å²) >= 11 is 0. The van der Waals surface area contributed by atoms with Crippen molar-refractivity contribution in [3.8, 4) is 5.75 Å². The highest BCUT2D eigenvalue weighted by molar-refractivity contribution is 5.96. The number of amides is 1. The number of carbonyl (C=O) groups is 1. The van der Waals surface area contributed by atoms with Crippen LogP contribution in [0.5, 0.6) is 5.75 Å². The molecule has 0 N–H and O–H groups in total. The molecule has 0 spiro atoms. The Balaban J connectivity index is 1.91. The van der Waals surface area contributed by atoms with Crippen molar-refractivity contribution in [3.63, 3.8) is 0 Å². The molecule has 2 aromatic rings. The van der Waals surface area contributed by atoms with Gasteiger partial charge in [0.2, 0.25) is 0 Å². The van der Waals surface area contributed by atoms with E-state index in [4.69, 9.17) is 4.74 Å². The molecule has 1 amide bonds. The van der Waals surface area contributed by atoms with E-state index in [1.54, 1.807) is 0 Å². The second-order valence-corrected chi connectivity index (χ2v) is 5.91. The van der Waals surface area contributed by atoms with Crippen LogP contribution in [0.4, 0.5) is 11.6 Å². The summed E-state index contributed by atoms with van der Waals surface area (Å²) < 4.78 is 5.31. The molecule has 0 aliphatic carbocycles. The van der Waals surface area contributed by atoms with Gasteiger partial charge in [-0.2, -0.15) is 0 Å². The van der Waals surface area contributed by atoms with E-state index in [1.807, 2.05) is 24.3 Å². The first-order chi connectivity index (χ1) is 11.5. The van der Waals surface area contributed by atoms with Crippen molar-refractivity contribution in [1.82, 2.24) is 4.98 Å². The Morgan fingerprint density at radius 3 is 2.58 bits per heavy atom. The maximum Gasteiger partial charge on any atom is 0.366 e. The van der Waals surface area contributed by atoms with Gasteiger partial charge in [-0.1, -0.05) is 38.1 Å². The van der Waals surface area contributed by atoms with Crippen LogP contribution in [0.25, 0.3) is 0 Å². The van der Waals surface area contributed by atoms with Crippen molar-refractivity contribution in [2.45, 2.75) is 26.3 Å². The van der Waals surface area contributed by atoms with E-state index in [9.17, 15) is 14.9 Å². The lowest BCUT2D eigenvalue weighted by atomic mass is 10.0. The van der Waals surface area contributed by atoms with Crippen LogP contribution in [-0.2, 0) is 11.3 Å². The van der Waals surface area contributed by atoms with Crippen molar-refractivity contribution in [1.29, 1.82) is 0 Å². The fraction of sp³-hybridized carbons (Fsp3) is 0.294. The summed E-state index contributed by atoms with van der Waals surface area (Å²) in [5.74, 6) is 0.400. The number of ether oxygens (including phenoxy) is 1. The number of hydrogen-bond donors (Lipinski definition) is 0. The van der Waals surface area contributed by atoms with Gasteiger partial charge in [-0.25, -0.2) is 0 Å². The highest BCUT2D eigenvalue weighted by atomic mass is 16.6. The summed E-state index contributed by atoms with van der Waals surface area (Å²) in [5, 5.41) is 10.9. The summed E-state index contributed by atoms with van der Waals surface area (Å²) in [5.41, 5.74) is 2.13. The predicted octanol–water partition coefficient (Wildman–Crippen LogP) is 3.04. The van der Waals surface area contributed by atoms with E-state index in [0.29, 0.717) is 18.2 Å². The Kier molecular flexibility index (Phi) is 4.16. The van der Waals surface area contributed by atoms with E-state index in [2.05, 4.69) is 18.8 Å². The van der Waals surface area contributed by atoms with E-state index >= 15 is 0 Å². The average molecular weight is 327 g/mol. The standard InChI is InChI=1S/C17H17N3O4/c1-11(2)13-5-3-12(4-6-13)9-19-16(21)10-24-14-7-8-15(20(22)23)18-17(14)19/h3-8,11H,9-10H2,1-2H3. The minimum Gasteiger partial charge on any atom is -0.477 e. The fourth-order valence-corrected chi connectivity index (χ4v) is 2.52.